The third kappa shape index (κ3) is 4.44. The van der Waals surface area contributed by atoms with Crippen molar-refractivity contribution in [2.24, 2.45) is 0 Å². The van der Waals surface area contributed by atoms with Crippen LogP contribution in [0.5, 0.6) is 11.6 Å². The van der Waals surface area contributed by atoms with Crippen molar-refractivity contribution in [2.75, 3.05) is 5.32 Å². The van der Waals surface area contributed by atoms with E-state index in [1.807, 2.05) is 0 Å². The highest BCUT2D eigenvalue weighted by Crippen LogP contribution is 2.24. The average molecular weight is 424 g/mol. The van der Waals surface area contributed by atoms with Gasteiger partial charge in [-0.1, -0.05) is 11.6 Å². The zero-order valence-corrected chi connectivity index (χ0v) is 16.5. The standard InChI is InChI=1S/C21H15ClFN5O2/c1-13-25-19(28-9-8-24-12-28)11-20(26-13)30-16-5-3-15(4-6-16)27-21(29)17-7-2-14(23)10-18(17)22/h2-12H,1H3,(H,27,29). The molecule has 2 heterocycles. The quantitative estimate of drug-likeness (QED) is 0.498. The number of hydrogen-bond donors (Lipinski definition) is 1. The number of carbonyl (C=O) groups excluding carboxylic acids is 1. The number of nitrogens with zero attached hydrogens (tertiary/aromatic N) is 4. The number of benzene rings is 2. The van der Waals surface area contributed by atoms with Crippen LogP contribution in [0.1, 0.15) is 16.2 Å². The molecular weight excluding hydrogens is 409 g/mol. The van der Waals surface area contributed by atoms with Crippen LogP contribution >= 0.6 is 11.6 Å². The number of nitrogens with one attached hydrogen (secondary N) is 1. The Labute approximate surface area is 176 Å². The maximum absolute atomic E-state index is 13.1. The number of imidazole rings is 1. The Morgan fingerprint density at radius 2 is 1.93 bits per heavy atom. The van der Waals surface area contributed by atoms with E-state index in [0.29, 0.717) is 29.0 Å². The number of aryl methyl sites for hydroxylation is 1. The number of carbonyl (C=O) groups is 1. The van der Waals surface area contributed by atoms with E-state index in [-0.39, 0.29) is 10.6 Å². The predicted molar refractivity (Wildman–Crippen MR) is 110 cm³/mol. The number of rotatable bonds is 5. The molecule has 4 aromatic rings. The van der Waals surface area contributed by atoms with Gasteiger partial charge in [0.2, 0.25) is 5.88 Å². The monoisotopic (exact) mass is 423 g/mol. The van der Waals surface area contributed by atoms with Gasteiger partial charge in [0.05, 0.1) is 10.6 Å². The first-order chi connectivity index (χ1) is 14.5. The summed E-state index contributed by atoms with van der Waals surface area (Å²) in [6, 6.07) is 12.0. The van der Waals surface area contributed by atoms with Gasteiger partial charge < -0.3 is 10.1 Å². The molecule has 0 aliphatic carbocycles. The van der Waals surface area contributed by atoms with Gasteiger partial charge in [-0.05, 0) is 49.4 Å². The molecule has 0 atom stereocenters. The van der Waals surface area contributed by atoms with Crippen LogP contribution in [0.2, 0.25) is 5.02 Å². The van der Waals surface area contributed by atoms with Crippen LogP contribution in [0.4, 0.5) is 10.1 Å². The fourth-order valence-electron chi connectivity index (χ4n) is 2.70. The number of ether oxygens (including phenoxy) is 1. The average Bonchev–Trinajstić information content (AvgIpc) is 3.24. The van der Waals surface area contributed by atoms with Gasteiger partial charge in [0.15, 0.2) is 0 Å². The number of aromatic nitrogens is 4. The fourth-order valence-corrected chi connectivity index (χ4v) is 2.96. The van der Waals surface area contributed by atoms with E-state index in [4.69, 9.17) is 16.3 Å². The van der Waals surface area contributed by atoms with Crippen LogP contribution in [0, 0.1) is 12.7 Å². The van der Waals surface area contributed by atoms with E-state index in [9.17, 15) is 9.18 Å². The lowest BCUT2D eigenvalue weighted by Gasteiger charge is -2.10. The minimum absolute atomic E-state index is 0.0419. The van der Waals surface area contributed by atoms with E-state index in [0.717, 1.165) is 6.07 Å². The zero-order valence-electron chi connectivity index (χ0n) is 15.7. The van der Waals surface area contributed by atoms with Gasteiger partial charge in [-0.3, -0.25) is 9.36 Å². The van der Waals surface area contributed by atoms with E-state index in [1.165, 1.54) is 12.1 Å². The number of hydrogen-bond acceptors (Lipinski definition) is 5. The molecule has 150 valence electrons. The molecule has 1 N–H and O–H groups in total. The first kappa shape index (κ1) is 19.5. The Kier molecular flexibility index (Phi) is 5.40. The van der Waals surface area contributed by atoms with E-state index < -0.39 is 11.7 Å². The minimum Gasteiger partial charge on any atom is -0.439 e. The van der Waals surface area contributed by atoms with Gasteiger partial charge >= 0.3 is 0 Å². The maximum Gasteiger partial charge on any atom is 0.257 e. The molecule has 4 rings (SSSR count). The fraction of sp³-hybridized carbons (Fsp3) is 0.0476. The molecule has 2 aromatic heterocycles. The molecule has 0 unspecified atom stereocenters. The zero-order chi connectivity index (χ0) is 21.1. The second-order valence-corrected chi connectivity index (χ2v) is 6.69. The van der Waals surface area contributed by atoms with Crippen LogP contribution in [0.3, 0.4) is 0 Å². The third-order valence-electron chi connectivity index (χ3n) is 4.08. The van der Waals surface area contributed by atoms with Gasteiger partial charge in [0, 0.05) is 24.1 Å². The lowest BCUT2D eigenvalue weighted by molar-refractivity contribution is 0.102. The van der Waals surface area contributed by atoms with Crippen molar-refractivity contribution >= 4 is 23.2 Å². The molecule has 0 radical (unpaired) electrons. The molecule has 0 aliphatic heterocycles. The van der Waals surface area contributed by atoms with E-state index in [2.05, 4.69) is 20.3 Å². The molecule has 0 aliphatic rings. The highest BCUT2D eigenvalue weighted by molar-refractivity contribution is 6.34. The Hall–Kier alpha value is -3.78. The van der Waals surface area contributed by atoms with Gasteiger partial charge in [-0.15, -0.1) is 0 Å². The third-order valence-corrected chi connectivity index (χ3v) is 4.39. The summed E-state index contributed by atoms with van der Waals surface area (Å²) in [6.07, 6.45) is 5.07. The van der Waals surface area contributed by atoms with Crippen LogP contribution in [0.25, 0.3) is 5.82 Å². The second kappa shape index (κ2) is 8.30. The SMILES string of the molecule is Cc1nc(Oc2ccc(NC(=O)c3ccc(F)cc3Cl)cc2)cc(-n2ccnc2)n1. The topological polar surface area (TPSA) is 81.9 Å². The Bertz CT molecular complexity index is 1200. The van der Waals surface area contributed by atoms with Gasteiger partial charge in [-0.2, -0.15) is 4.98 Å². The molecule has 2 aromatic carbocycles. The van der Waals surface area contributed by atoms with Crippen LogP contribution in [-0.2, 0) is 0 Å². The van der Waals surface area contributed by atoms with Crippen molar-refractivity contribution < 1.29 is 13.9 Å². The molecule has 0 bridgehead atoms. The van der Waals surface area contributed by atoms with Crippen LogP contribution in [-0.4, -0.2) is 25.4 Å². The highest BCUT2D eigenvalue weighted by atomic mass is 35.5. The van der Waals surface area contributed by atoms with Crippen molar-refractivity contribution in [3.8, 4) is 17.4 Å². The molecule has 1 amide bonds. The molecule has 0 spiro atoms. The lowest BCUT2D eigenvalue weighted by atomic mass is 10.2. The predicted octanol–water partition coefficient (Wildman–Crippen LogP) is 4.81. The van der Waals surface area contributed by atoms with Gasteiger partial charge in [0.25, 0.3) is 5.91 Å². The largest absolute Gasteiger partial charge is 0.439 e. The highest BCUT2D eigenvalue weighted by Gasteiger charge is 2.12. The number of anilines is 1. The van der Waals surface area contributed by atoms with Crippen molar-refractivity contribution in [1.29, 1.82) is 0 Å². The summed E-state index contributed by atoms with van der Waals surface area (Å²) in [4.78, 5) is 25.0. The number of halogens is 2. The molecule has 0 saturated heterocycles. The first-order valence-corrected chi connectivity index (χ1v) is 9.24. The van der Waals surface area contributed by atoms with Crippen molar-refractivity contribution in [2.45, 2.75) is 6.92 Å². The van der Waals surface area contributed by atoms with Crippen LogP contribution in [0.15, 0.2) is 67.3 Å². The Balaban J connectivity index is 1.47. The second-order valence-electron chi connectivity index (χ2n) is 6.29. The summed E-state index contributed by atoms with van der Waals surface area (Å²) in [5.74, 6) is 1.15. The normalized spacial score (nSPS) is 10.6. The molecule has 7 nitrogen and oxygen atoms in total. The molecular formula is C21H15ClFN5O2. The summed E-state index contributed by atoms with van der Waals surface area (Å²) in [5, 5.41) is 2.75. The van der Waals surface area contributed by atoms with E-state index >= 15 is 0 Å². The van der Waals surface area contributed by atoms with Crippen molar-refractivity contribution in [3.05, 3.63) is 89.5 Å². The molecule has 0 saturated carbocycles. The summed E-state index contributed by atoms with van der Waals surface area (Å²) < 4.78 is 20.7. The van der Waals surface area contributed by atoms with Gasteiger partial charge in [-0.25, -0.2) is 14.4 Å². The van der Waals surface area contributed by atoms with E-state index in [1.54, 1.807) is 60.5 Å². The minimum atomic E-state index is -0.505. The first-order valence-electron chi connectivity index (χ1n) is 8.86. The summed E-state index contributed by atoms with van der Waals surface area (Å²) in [6.45, 7) is 1.77. The maximum atomic E-state index is 13.1. The van der Waals surface area contributed by atoms with Gasteiger partial charge in [0.1, 0.15) is 29.5 Å². The molecule has 9 heteroatoms. The smallest absolute Gasteiger partial charge is 0.257 e. The summed E-state index contributed by atoms with van der Waals surface area (Å²) in [5.41, 5.74) is 0.715. The van der Waals surface area contributed by atoms with Crippen molar-refractivity contribution in [3.63, 3.8) is 0 Å². The van der Waals surface area contributed by atoms with Crippen molar-refractivity contribution in [1.82, 2.24) is 19.5 Å². The Morgan fingerprint density at radius 3 is 2.63 bits per heavy atom. The summed E-state index contributed by atoms with van der Waals surface area (Å²) in [7, 11) is 0. The number of amides is 1. The summed E-state index contributed by atoms with van der Waals surface area (Å²) >= 11 is 5.93. The Morgan fingerprint density at radius 1 is 1.13 bits per heavy atom. The molecule has 0 fully saturated rings. The van der Waals surface area contributed by atoms with Crippen LogP contribution < -0.4 is 10.1 Å². The lowest BCUT2D eigenvalue weighted by Crippen LogP contribution is -2.12. The molecule has 30 heavy (non-hydrogen) atoms.